The summed E-state index contributed by atoms with van der Waals surface area (Å²) in [4.78, 5) is 22.4. The Bertz CT molecular complexity index is 929. The quantitative estimate of drug-likeness (QED) is 0.305. The summed E-state index contributed by atoms with van der Waals surface area (Å²) < 4.78 is 0. The molecule has 0 aromatic heterocycles. The van der Waals surface area contributed by atoms with Gasteiger partial charge in [0, 0.05) is 17.7 Å². The van der Waals surface area contributed by atoms with Gasteiger partial charge in [-0.2, -0.15) is 0 Å². The van der Waals surface area contributed by atoms with Crippen molar-refractivity contribution in [3.05, 3.63) is 94.0 Å². The molecule has 0 aliphatic carbocycles. The normalized spacial score (nSPS) is 11.0. The lowest BCUT2D eigenvalue weighted by molar-refractivity contribution is -0.384. The number of nitro groups is 1. The van der Waals surface area contributed by atoms with E-state index in [0.29, 0.717) is 5.56 Å². The number of hydrogen-bond donors (Lipinski definition) is 0. The van der Waals surface area contributed by atoms with Gasteiger partial charge in [0.25, 0.3) is 5.69 Å². The number of benzene rings is 3. The van der Waals surface area contributed by atoms with Crippen LogP contribution in [0, 0.1) is 10.1 Å². The zero-order valence-corrected chi connectivity index (χ0v) is 12.2. The van der Waals surface area contributed by atoms with Gasteiger partial charge in [0.15, 0.2) is 5.78 Å². The third kappa shape index (κ3) is 3.32. The molecule has 0 spiro atoms. The molecule has 0 N–H and O–H groups in total. The Morgan fingerprint density at radius 3 is 2.48 bits per heavy atom. The number of hydrogen-bond acceptors (Lipinski definition) is 3. The molecule has 0 radical (unpaired) electrons. The highest BCUT2D eigenvalue weighted by atomic mass is 16.6. The van der Waals surface area contributed by atoms with Crippen LogP contribution in [-0.2, 0) is 0 Å². The molecule has 0 bridgehead atoms. The van der Waals surface area contributed by atoms with Crippen LogP contribution in [0.4, 0.5) is 5.69 Å². The number of rotatable bonds is 4. The average Bonchev–Trinajstić information content (AvgIpc) is 2.59. The van der Waals surface area contributed by atoms with Gasteiger partial charge in [-0.15, -0.1) is 0 Å². The van der Waals surface area contributed by atoms with E-state index in [1.54, 1.807) is 12.1 Å². The van der Waals surface area contributed by atoms with Crippen LogP contribution in [-0.4, -0.2) is 10.7 Å². The van der Waals surface area contributed by atoms with Gasteiger partial charge in [-0.25, -0.2) is 0 Å². The van der Waals surface area contributed by atoms with Gasteiger partial charge >= 0.3 is 0 Å². The molecule has 0 atom stereocenters. The van der Waals surface area contributed by atoms with E-state index in [4.69, 9.17) is 0 Å². The molecule has 23 heavy (non-hydrogen) atoms. The summed E-state index contributed by atoms with van der Waals surface area (Å²) in [6.07, 6.45) is 3.15. The second-order valence-electron chi connectivity index (χ2n) is 5.11. The van der Waals surface area contributed by atoms with Gasteiger partial charge in [-0.1, -0.05) is 54.6 Å². The number of non-ortho nitro benzene ring substituents is 1. The summed E-state index contributed by atoms with van der Waals surface area (Å²) >= 11 is 0. The Morgan fingerprint density at radius 2 is 1.70 bits per heavy atom. The topological polar surface area (TPSA) is 60.2 Å². The molecule has 0 unspecified atom stereocenters. The average molecular weight is 303 g/mol. The standard InChI is InChI=1S/C19H13NO3/c21-19(17-6-3-7-18(13-17)20(22)23)11-9-14-8-10-15-4-1-2-5-16(15)12-14/h1-13H/b11-9+. The summed E-state index contributed by atoms with van der Waals surface area (Å²) in [5.41, 5.74) is 1.12. The lowest BCUT2D eigenvalue weighted by atomic mass is 10.1. The van der Waals surface area contributed by atoms with Crippen molar-refractivity contribution in [3.8, 4) is 0 Å². The molecular formula is C19H13NO3. The van der Waals surface area contributed by atoms with Gasteiger partial charge in [-0.05, 0) is 28.5 Å². The summed E-state index contributed by atoms with van der Waals surface area (Å²) in [6, 6.07) is 19.6. The van der Waals surface area contributed by atoms with Crippen molar-refractivity contribution in [1.29, 1.82) is 0 Å². The van der Waals surface area contributed by atoms with Crippen molar-refractivity contribution in [2.75, 3.05) is 0 Å². The van der Waals surface area contributed by atoms with Crippen LogP contribution in [0.1, 0.15) is 15.9 Å². The minimum atomic E-state index is -0.510. The van der Waals surface area contributed by atoms with Crippen LogP contribution < -0.4 is 0 Å². The maximum atomic E-state index is 12.1. The predicted molar refractivity (Wildman–Crippen MR) is 90.4 cm³/mol. The first-order chi connectivity index (χ1) is 11.1. The van der Waals surface area contributed by atoms with Crippen LogP contribution in [0.3, 0.4) is 0 Å². The smallest absolute Gasteiger partial charge is 0.270 e. The van der Waals surface area contributed by atoms with E-state index >= 15 is 0 Å². The highest BCUT2D eigenvalue weighted by Crippen LogP contribution is 2.17. The Kier molecular flexibility index (Phi) is 3.97. The maximum Gasteiger partial charge on any atom is 0.270 e. The van der Waals surface area contributed by atoms with E-state index in [1.165, 1.54) is 24.3 Å². The van der Waals surface area contributed by atoms with Crippen LogP contribution in [0.15, 0.2) is 72.8 Å². The second-order valence-corrected chi connectivity index (χ2v) is 5.11. The molecule has 0 heterocycles. The van der Waals surface area contributed by atoms with E-state index in [-0.39, 0.29) is 11.5 Å². The number of nitro benzene ring substituents is 1. The van der Waals surface area contributed by atoms with Gasteiger partial charge in [0.1, 0.15) is 0 Å². The molecule has 4 nitrogen and oxygen atoms in total. The minimum Gasteiger partial charge on any atom is -0.289 e. The Labute approximate surface area is 132 Å². The number of ketones is 1. The van der Waals surface area contributed by atoms with E-state index < -0.39 is 4.92 Å². The molecule has 3 aromatic carbocycles. The van der Waals surface area contributed by atoms with Crippen molar-refractivity contribution in [1.82, 2.24) is 0 Å². The molecular weight excluding hydrogens is 290 g/mol. The van der Waals surface area contributed by atoms with E-state index in [1.807, 2.05) is 42.5 Å². The minimum absolute atomic E-state index is 0.0880. The van der Waals surface area contributed by atoms with Crippen molar-refractivity contribution < 1.29 is 9.72 Å². The predicted octanol–water partition coefficient (Wildman–Crippen LogP) is 4.64. The summed E-state index contributed by atoms with van der Waals surface area (Å²) in [7, 11) is 0. The fourth-order valence-electron chi connectivity index (χ4n) is 2.35. The van der Waals surface area contributed by atoms with Crippen molar-refractivity contribution in [2.45, 2.75) is 0 Å². The second kappa shape index (κ2) is 6.23. The Morgan fingerprint density at radius 1 is 0.913 bits per heavy atom. The Hall–Kier alpha value is -3.27. The summed E-state index contributed by atoms with van der Waals surface area (Å²) in [5, 5.41) is 13.0. The number of carbonyl (C=O) groups is 1. The lowest BCUT2D eigenvalue weighted by Gasteiger charge is -1.99. The number of carbonyl (C=O) groups excluding carboxylic acids is 1. The Balaban J connectivity index is 1.84. The SMILES string of the molecule is O=C(/C=C/c1ccc2ccccc2c1)c1cccc([N+](=O)[O-])c1. The largest absolute Gasteiger partial charge is 0.289 e. The molecule has 0 amide bonds. The van der Waals surface area contributed by atoms with Gasteiger partial charge in [-0.3, -0.25) is 14.9 Å². The van der Waals surface area contributed by atoms with Gasteiger partial charge in [0.05, 0.1) is 4.92 Å². The van der Waals surface area contributed by atoms with Crippen LogP contribution in [0.5, 0.6) is 0 Å². The lowest BCUT2D eigenvalue weighted by Crippen LogP contribution is -1.96. The van der Waals surface area contributed by atoms with Crippen LogP contribution in [0.25, 0.3) is 16.8 Å². The molecule has 0 aliphatic heterocycles. The molecule has 0 aliphatic rings. The molecule has 3 rings (SSSR count). The maximum absolute atomic E-state index is 12.1. The molecule has 0 saturated carbocycles. The first-order valence-electron chi connectivity index (χ1n) is 7.09. The molecule has 0 saturated heterocycles. The fourth-order valence-corrected chi connectivity index (χ4v) is 2.35. The highest BCUT2D eigenvalue weighted by molar-refractivity contribution is 6.07. The summed E-state index contributed by atoms with van der Waals surface area (Å²) in [5.74, 6) is -0.262. The zero-order chi connectivity index (χ0) is 16.2. The van der Waals surface area contributed by atoms with Crippen molar-refractivity contribution in [2.24, 2.45) is 0 Å². The van der Waals surface area contributed by atoms with Gasteiger partial charge in [0.2, 0.25) is 0 Å². The molecule has 112 valence electrons. The van der Waals surface area contributed by atoms with E-state index in [9.17, 15) is 14.9 Å². The zero-order valence-electron chi connectivity index (χ0n) is 12.2. The number of allylic oxidation sites excluding steroid dienone is 1. The highest BCUT2D eigenvalue weighted by Gasteiger charge is 2.09. The number of nitrogens with zero attached hydrogens (tertiary/aromatic N) is 1. The van der Waals surface area contributed by atoms with Crippen LogP contribution in [0.2, 0.25) is 0 Å². The summed E-state index contributed by atoms with van der Waals surface area (Å²) in [6.45, 7) is 0. The van der Waals surface area contributed by atoms with Crippen LogP contribution >= 0.6 is 0 Å². The first kappa shape index (κ1) is 14.7. The molecule has 3 aromatic rings. The fraction of sp³-hybridized carbons (Fsp3) is 0. The van der Waals surface area contributed by atoms with Gasteiger partial charge < -0.3 is 0 Å². The van der Waals surface area contributed by atoms with Crippen molar-refractivity contribution in [3.63, 3.8) is 0 Å². The third-order valence-corrected chi connectivity index (χ3v) is 3.54. The van der Waals surface area contributed by atoms with Crippen molar-refractivity contribution >= 4 is 28.3 Å². The first-order valence-corrected chi connectivity index (χ1v) is 7.09. The number of fused-ring (bicyclic) bond motifs is 1. The molecule has 4 heteroatoms. The third-order valence-electron chi connectivity index (χ3n) is 3.54. The van der Waals surface area contributed by atoms with E-state index in [2.05, 4.69) is 0 Å². The molecule has 0 fully saturated rings. The monoisotopic (exact) mass is 303 g/mol. The van der Waals surface area contributed by atoms with E-state index in [0.717, 1.165) is 16.3 Å².